The predicted molar refractivity (Wildman–Crippen MR) is 53.0 cm³/mol. The average molecular weight is 239 g/mol. The van der Waals surface area contributed by atoms with Crippen LogP contribution in [-0.4, -0.2) is 24.3 Å². The van der Waals surface area contributed by atoms with Crippen LogP contribution in [0, 0.1) is 0 Å². The van der Waals surface area contributed by atoms with Crippen molar-refractivity contribution in [3.8, 4) is 0 Å². The second-order valence-corrected chi connectivity index (χ2v) is 9.35. The highest BCUT2D eigenvalue weighted by atomic mass is 35.9. The van der Waals surface area contributed by atoms with Gasteiger partial charge in [0.25, 0.3) is 0 Å². The van der Waals surface area contributed by atoms with Gasteiger partial charge in [-0.15, -0.1) is 0 Å². The second kappa shape index (κ2) is 4.13. The van der Waals surface area contributed by atoms with E-state index in [-0.39, 0.29) is 5.29 Å². The van der Waals surface area contributed by atoms with E-state index in [9.17, 15) is 0 Å². The third-order valence-corrected chi connectivity index (χ3v) is 2.23. The van der Waals surface area contributed by atoms with Gasteiger partial charge in [-0.1, -0.05) is 0 Å². The molecule has 0 aromatic rings. The van der Waals surface area contributed by atoms with Gasteiger partial charge in [-0.3, -0.25) is 0 Å². The van der Waals surface area contributed by atoms with Gasteiger partial charge in [0.15, 0.2) is 5.29 Å². The Bertz CT molecular complexity index is 186. The molecule has 0 atom stereocenters. The molecule has 2 nitrogen and oxygen atoms in total. The minimum absolute atomic E-state index is 0.230. The SMILES string of the molecule is CN(C)C(Cl)=NP(=S)(Cl)Cl. The van der Waals surface area contributed by atoms with Crippen molar-refractivity contribution in [2.45, 2.75) is 0 Å². The molecule has 10 heavy (non-hydrogen) atoms. The number of rotatable bonds is 1. The van der Waals surface area contributed by atoms with Crippen LogP contribution in [0.5, 0.6) is 0 Å². The van der Waals surface area contributed by atoms with E-state index in [0.717, 1.165) is 0 Å². The van der Waals surface area contributed by atoms with Gasteiger partial charge in [-0.05, 0) is 45.9 Å². The van der Waals surface area contributed by atoms with Crippen LogP contribution >= 0.6 is 39.0 Å². The molecule has 0 aliphatic carbocycles. The van der Waals surface area contributed by atoms with Crippen molar-refractivity contribution in [3.63, 3.8) is 0 Å². The summed E-state index contributed by atoms with van der Waals surface area (Å²) in [6, 6.07) is 0. The molecule has 0 unspecified atom stereocenters. The fraction of sp³-hybridized carbons (Fsp3) is 0.667. The van der Waals surface area contributed by atoms with Crippen molar-refractivity contribution in [3.05, 3.63) is 0 Å². The largest absolute Gasteiger partial charge is 0.353 e. The van der Waals surface area contributed by atoms with E-state index in [2.05, 4.69) is 16.6 Å². The van der Waals surface area contributed by atoms with Crippen molar-refractivity contribution in [2.24, 2.45) is 4.76 Å². The lowest BCUT2D eigenvalue weighted by Gasteiger charge is -2.09. The summed E-state index contributed by atoms with van der Waals surface area (Å²) in [4.78, 5) is -1.01. The highest BCUT2D eigenvalue weighted by Crippen LogP contribution is 2.58. The second-order valence-electron chi connectivity index (χ2n) is 1.70. The summed E-state index contributed by atoms with van der Waals surface area (Å²) in [6.07, 6.45) is 0. The van der Waals surface area contributed by atoms with Crippen LogP contribution in [0.3, 0.4) is 0 Å². The summed E-state index contributed by atoms with van der Waals surface area (Å²) in [6.45, 7) is 0. The topological polar surface area (TPSA) is 15.6 Å². The summed E-state index contributed by atoms with van der Waals surface area (Å²) in [5.74, 6) is 0. The number of nitrogens with zero attached hydrogens (tertiary/aromatic N) is 2. The van der Waals surface area contributed by atoms with Crippen molar-refractivity contribution in [2.75, 3.05) is 14.1 Å². The molecule has 0 saturated carbocycles. The highest BCUT2D eigenvalue weighted by molar-refractivity contribution is 8.38. The van der Waals surface area contributed by atoms with Crippen LogP contribution in [0.4, 0.5) is 0 Å². The Morgan fingerprint density at radius 3 is 2.00 bits per heavy atom. The lowest BCUT2D eigenvalue weighted by Crippen LogP contribution is -2.15. The Morgan fingerprint density at radius 1 is 1.50 bits per heavy atom. The molecular formula is C3H6Cl3N2PS. The first-order valence-electron chi connectivity index (χ1n) is 2.25. The van der Waals surface area contributed by atoms with Gasteiger partial charge >= 0.3 is 0 Å². The van der Waals surface area contributed by atoms with Crippen LogP contribution < -0.4 is 0 Å². The highest BCUT2D eigenvalue weighted by Gasteiger charge is 2.07. The minimum atomic E-state index is -2.58. The number of hydrogen-bond donors (Lipinski definition) is 0. The molecule has 0 rings (SSSR count). The molecule has 7 heteroatoms. The maximum atomic E-state index is 5.57. The summed E-state index contributed by atoms with van der Waals surface area (Å²) < 4.78 is 3.67. The summed E-state index contributed by atoms with van der Waals surface area (Å²) in [5, 5.41) is 0.230. The Morgan fingerprint density at radius 2 is 1.90 bits per heavy atom. The summed E-state index contributed by atoms with van der Waals surface area (Å²) >= 11 is 21.1. The van der Waals surface area contributed by atoms with Crippen LogP contribution in [0.15, 0.2) is 4.76 Å². The lowest BCUT2D eigenvalue weighted by atomic mass is 11.0. The Balaban J connectivity index is 4.33. The van der Waals surface area contributed by atoms with Crippen molar-refractivity contribution < 1.29 is 0 Å². The summed E-state index contributed by atoms with van der Waals surface area (Å²) in [7, 11) is 3.45. The first-order valence-corrected chi connectivity index (χ1v) is 7.19. The lowest BCUT2D eigenvalue weighted by molar-refractivity contribution is 0.637. The fourth-order valence-electron chi connectivity index (χ4n) is 0.186. The van der Waals surface area contributed by atoms with Crippen LogP contribution in [0.25, 0.3) is 0 Å². The van der Waals surface area contributed by atoms with Gasteiger partial charge in [0, 0.05) is 14.1 Å². The normalized spacial score (nSPS) is 13.5. The third kappa shape index (κ3) is 5.75. The van der Waals surface area contributed by atoms with Gasteiger partial charge in [-0.2, -0.15) is 4.76 Å². The molecule has 0 radical (unpaired) electrons. The molecular weight excluding hydrogens is 233 g/mol. The Kier molecular flexibility index (Phi) is 4.53. The fourth-order valence-corrected chi connectivity index (χ4v) is 1.92. The molecule has 0 aromatic heterocycles. The van der Waals surface area contributed by atoms with Gasteiger partial charge in [0.05, 0.1) is 0 Å². The van der Waals surface area contributed by atoms with E-state index in [1.54, 1.807) is 19.0 Å². The van der Waals surface area contributed by atoms with Crippen LogP contribution in [0.1, 0.15) is 0 Å². The van der Waals surface area contributed by atoms with Crippen molar-refractivity contribution in [1.29, 1.82) is 0 Å². The van der Waals surface area contributed by atoms with E-state index < -0.39 is 4.89 Å². The maximum absolute atomic E-state index is 5.57. The Labute approximate surface area is 79.8 Å². The van der Waals surface area contributed by atoms with Gasteiger partial charge in [-0.25, -0.2) is 0 Å². The van der Waals surface area contributed by atoms with E-state index in [0.29, 0.717) is 0 Å². The predicted octanol–water partition coefficient (Wildman–Crippen LogP) is 2.84. The molecule has 0 aliphatic rings. The first kappa shape index (κ1) is 11.0. The van der Waals surface area contributed by atoms with Crippen molar-refractivity contribution >= 4 is 56.1 Å². The standard InChI is InChI=1S/C3H6Cl3N2PS/c1-8(2)3(4)7-9(5,6)10/h1-2H3. The van der Waals surface area contributed by atoms with Gasteiger partial charge in [0.1, 0.15) is 0 Å². The zero-order valence-corrected chi connectivity index (χ0v) is 9.36. The molecule has 0 aromatic carbocycles. The number of amidine groups is 1. The molecule has 0 spiro atoms. The molecule has 0 amide bonds. The molecule has 0 aliphatic heterocycles. The molecule has 60 valence electrons. The minimum Gasteiger partial charge on any atom is -0.353 e. The monoisotopic (exact) mass is 238 g/mol. The first-order chi connectivity index (χ1) is 4.33. The average Bonchev–Trinajstić information content (AvgIpc) is 1.60. The molecule has 0 heterocycles. The number of hydrogen-bond acceptors (Lipinski definition) is 1. The zero-order valence-electron chi connectivity index (χ0n) is 5.38. The van der Waals surface area contributed by atoms with E-state index in [4.69, 9.17) is 34.1 Å². The molecule has 0 fully saturated rings. The van der Waals surface area contributed by atoms with E-state index in [1.165, 1.54) is 0 Å². The third-order valence-electron chi connectivity index (χ3n) is 0.568. The smallest absolute Gasteiger partial charge is 0.228 e. The Hall–Kier alpha value is 0.990. The van der Waals surface area contributed by atoms with Crippen LogP contribution in [-0.2, 0) is 11.8 Å². The van der Waals surface area contributed by atoms with E-state index >= 15 is 0 Å². The molecule has 0 bridgehead atoms. The zero-order chi connectivity index (χ0) is 8.36. The molecule has 0 saturated heterocycles. The maximum Gasteiger partial charge on any atom is 0.228 e. The summed E-state index contributed by atoms with van der Waals surface area (Å²) in [5.41, 5.74) is 0. The quantitative estimate of drug-likeness (QED) is 0.303. The van der Waals surface area contributed by atoms with Gasteiger partial charge in [0.2, 0.25) is 4.89 Å². The molecule has 0 N–H and O–H groups in total. The number of halogens is 3. The van der Waals surface area contributed by atoms with Gasteiger partial charge < -0.3 is 4.90 Å². The van der Waals surface area contributed by atoms with Crippen LogP contribution in [0.2, 0.25) is 0 Å². The van der Waals surface area contributed by atoms with Crippen molar-refractivity contribution in [1.82, 2.24) is 4.90 Å². The van der Waals surface area contributed by atoms with E-state index in [1.807, 2.05) is 0 Å².